The molecular formula is C9H14N2O5S2. The van der Waals surface area contributed by atoms with E-state index in [9.17, 15) is 16.8 Å². The molecule has 0 fully saturated rings. The molecule has 0 aliphatic carbocycles. The zero-order valence-electron chi connectivity index (χ0n) is 9.40. The summed E-state index contributed by atoms with van der Waals surface area (Å²) in [5.41, 5.74) is 0.587. The molecule has 0 unspecified atom stereocenters. The van der Waals surface area contributed by atoms with Gasteiger partial charge in [0.25, 0.3) is 0 Å². The molecule has 9 heteroatoms. The number of aliphatic hydroxyl groups excluding tert-OH is 1. The maximum absolute atomic E-state index is 11.2. The van der Waals surface area contributed by atoms with Gasteiger partial charge in [-0.1, -0.05) is 12.1 Å². The van der Waals surface area contributed by atoms with Crippen molar-refractivity contribution in [1.29, 1.82) is 0 Å². The van der Waals surface area contributed by atoms with Crippen LogP contribution in [0.25, 0.3) is 0 Å². The summed E-state index contributed by atoms with van der Waals surface area (Å²) in [5, 5.41) is 13.4. The van der Waals surface area contributed by atoms with Crippen LogP contribution < -0.4 is 9.86 Å². The van der Waals surface area contributed by atoms with Gasteiger partial charge in [0.2, 0.25) is 20.0 Å². The monoisotopic (exact) mass is 294 g/mol. The predicted octanol–water partition coefficient (Wildman–Crippen LogP) is -1.25. The standard InChI is InChI=1S/C9H14N2O5S2/c10-18(15,16)9-3-1-8(2-4-9)7-11-17(13,14)6-5-12/h1-4,11-12H,5-7H2,(H2,10,15,16). The minimum atomic E-state index is -3.74. The zero-order valence-corrected chi connectivity index (χ0v) is 11.0. The van der Waals surface area contributed by atoms with Crippen LogP contribution in [0.4, 0.5) is 0 Å². The van der Waals surface area contributed by atoms with Crippen LogP contribution in [-0.4, -0.2) is 34.3 Å². The number of primary sulfonamides is 1. The van der Waals surface area contributed by atoms with Crippen LogP contribution in [0.1, 0.15) is 5.56 Å². The Labute approximate surface area is 106 Å². The van der Waals surface area contributed by atoms with Crippen molar-refractivity contribution in [3.63, 3.8) is 0 Å². The van der Waals surface area contributed by atoms with Crippen LogP contribution in [0, 0.1) is 0 Å². The van der Waals surface area contributed by atoms with Crippen LogP contribution >= 0.6 is 0 Å². The Bertz CT molecular complexity index is 592. The normalized spacial score (nSPS) is 12.6. The number of hydrogen-bond acceptors (Lipinski definition) is 5. The van der Waals surface area contributed by atoms with E-state index in [0.717, 1.165) is 0 Å². The third-order valence-corrected chi connectivity index (χ3v) is 4.34. The van der Waals surface area contributed by atoms with E-state index in [1.165, 1.54) is 24.3 Å². The molecule has 1 rings (SSSR count). The maximum atomic E-state index is 11.2. The van der Waals surface area contributed by atoms with Gasteiger partial charge >= 0.3 is 0 Å². The van der Waals surface area contributed by atoms with Crippen LogP contribution in [0.5, 0.6) is 0 Å². The second-order valence-corrected chi connectivity index (χ2v) is 7.04. The van der Waals surface area contributed by atoms with Crippen LogP contribution in [0.2, 0.25) is 0 Å². The molecule has 0 aliphatic heterocycles. The van der Waals surface area contributed by atoms with Gasteiger partial charge in [0, 0.05) is 6.54 Å². The van der Waals surface area contributed by atoms with Crippen molar-refractivity contribution < 1.29 is 21.9 Å². The number of sulfonamides is 2. The number of nitrogens with one attached hydrogen (secondary N) is 1. The van der Waals surface area contributed by atoms with Crippen molar-refractivity contribution in [2.75, 3.05) is 12.4 Å². The van der Waals surface area contributed by atoms with Crippen molar-refractivity contribution in [1.82, 2.24) is 4.72 Å². The fourth-order valence-electron chi connectivity index (χ4n) is 1.18. The third-order valence-electron chi connectivity index (χ3n) is 2.11. The minimum Gasteiger partial charge on any atom is -0.395 e. The lowest BCUT2D eigenvalue weighted by Gasteiger charge is -2.06. The predicted molar refractivity (Wildman–Crippen MR) is 65.5 cm³/mol. The highest BCUT2D eigenvalue weighted by Gasteiger charge is 2.10. The number of benzene rings is 1. The Morgan fingerprint density at radius 2 is 1.67 bits per heavy atom. The smallest absolute Gasteiger partial charge is 0.238 e. The van der Waals surface area contributed by atoms with Crippen molar-refractivity contribution in [3.8, 4) is 0 Å². The number of aliphatic hydroxyl groups is 1. The summed E-state index contributed by atoms with van der Waals surface area (Å²) < 4.78 is 46.7. The summed E-state index contributed by atoms with van der Waals surface area (Å²) in [4.78, 5) is -0.0375. The number of rotatable bonds is 6. The molecule has 0 amide bonds. The molecule has 18 heavy (non-hydrogen) atoms. The fraction of sp³-hybridized carbons (Fsp3) is 0.333. The molecule has 0 atom stereocenters. The van der Waals surface area contributed by atoms with Gasteiger partial charge in [0.05, 0.1) is 17.3 Å². The SMILES string of the molecule is NS(=O)(=O)c1ccc(CNS(=O)(=O)CCO)cc1. The molecule has 102 valence electrons. The van der Waals surface area contributed by atoms with Crippen molar-refractivity contribution in [3.05, 3.63) is 29.8 Å². The highest BCUT2D eigenvalue weighted by atomic mass is 32.2. The molecule has 0 aromatic heterocycles. The lowest BCUT2D eigenvalue weighted by Crippen LogP contribution is -2.27. The van der Waals surface area contributed by atoms with E-state index in [-0.39, 0.29) is 17.2 Å². The molecule has 0 heterocycles. The van der Waals surface area contributed by atoms with Gasteiger partial charge in [-0.05, 0) is 17.7 Å². The molecular weight excluding hydrogens is 280 g/mol. The van der Waals surface area contributed by atoms with E-state index in [1.807, 2.05) is 0 Å². The Hall–Kier alpha value is -1.00. The Balaban J connectivity index is 2.71. The van der Waals surface area contributed by atoms with E-state index in [2.05, 4.69) is 4.72 Å². The van der Waals surface area contributed by atoms with Gasteiger partial charge in [0.1, 0.15) is 0 Å². The Kier molecular flexibility index (Phi) is 4.82. The van der Waals surface area contributed by atoms with E-state index in [1.54, 1.807) is 0 Å². The van der Waals surface area contributed by atoms with Crippen LogP contribution in [0.15, 0.2) is 29.2 Å². The molecule has 0 spiro atoms. The van der Waals surface area contributed by atoms with Crippen LogP contribution in [0.3, 0.4) is 0 Å². The second-order valence-electron chi connectivity index (χ2n) is 3.55. The molecule has 4 N–H and O–H groups in total. The van der Waals surface area contributed by atoms with Gasteiger partial charge in [-0.2, -0.15) is 0 Å². The highest BCUT2D eigenvalue weighted by molar-refractivity contribution is 7.89. The summed E-state index contributed by atoms with van der Waals surface area (Å²) in [7, 11) is -7.25. The summed E-state index contributed by atoms with van der Waals surface area (Å²) in [6.45, 7) is -0.438. The van der Waals surface area contributed by atoms with Crippen molar-refractivity contribution in [2.45, 2.75) is 11.4 Å². The highest BCUT2D eigenvalue weighted by Crippen LogP contribution is 2.08. The first-order chi connectivity index (χ1) is 8.24. The summed E-state index contributed by atoms with van der Waals surface area (Å²) in [5.74, 6) is -0.373. The molecule has 1 aromatic carbocycles. The molecule has 0 saturated carbocycles. The van der Waals surface area contributed by atoms with Crippen molar-refractivity contribution >= 4 is 20.0 Å². The summed E-state index contributed by atoms with van der Waals surface area (Å²) in [6, 6.07) is 5.51. The molecule has 0 bridgehead atoms. The molecule has 7 nitrogen and oxygen atoms in total. The summed E-state index contributed by atoms with van der Waals surface area (Å²) >= 11 is 0. The van der Waals surface area contributed by atoms with Gasteiger partial charge in [-0.25, -0.2) is 26.7 Å². The topological polar surface area (TPSA) is 127 Å². The van der Waals surface area contributed by atoms with Crippen LogP contribution in [-0.2, 0) is 26.6 Å². The fourth-order valence-corrected chi connectivity index (χ4v) is 2.47. The second kappa shape index (κ2) is 5.76. The van der Waals surface area contributed by atoms with Gasteiger partial charge in [0.15, 0.2) is 0 Å². The van der Waals surface area contributed by atoms with Gasteiger partial charge in [-0.15, -0.1) is 0 Å². The van der Waals surface area contributed by atoms with Crippen molar-refractivity contribution in [2.24, 2.45) is 5.14 Å². The Morgan fingerprint density at radius 1 is 1.11 bits per heavy atom. The number of hydrogen-bond donors (Lipinski definition) is 3. The molecule has 0 aliphatic rings. The first-order valence-corrected chi connectivity index (χ1v) is 8.14. The lowest BCUT2D eigenvalue weighted by atomic mass is 10.2. The number of nitrogens with two attached hydrogens (primary N) is 1. The summed E-state index contributed by atoms with van der Waals surface area (Å²) in [6.07, 6.45) is 0. The first-order valence-electron chi connectivity index (χ1n) is 4.94. The average Bonchev–Trinajstić information content (AvgIpc) is 2.26. The van der Waals surface area contributed by atoms with E-state index in [4.69, 9.17) is 10.2 Å². The van der Waals surface area contributed by atoms with Gasteiger partial charge < -0.3 is 5.11 Å². The quantitative estimate of drug-likeness (QED) is 0.604. The first kappa shape index (κ1) is 15.1. The molecule has 1 aromatic rings. The Morgan fingerprint density at radius 3 is 2.11 bits per heavy atom. The lowest BCUT2D eigenvalue weighted by molar-refractivity contribution is 0.319. The average molecular weight is 294 g/mol. The van der Waals surface area contributed by atoms with E-state index < -0.39 is 26.7 Å². The largest absolute Gasteiger partial charge is 0.395 e. The molecule has 0 radical (unpaired) electrons. The third kappa shape index (κ3) is 4.70. The van der Waals surface area contributed by atoms with Gasteiger partial charge in [-0.3, -0.25) is 0 Å². The maximum Gasteiger partial charge on any atom is 0.238 e. The van der Waals surface area contributed by atoms with E-state index >= 15 is 0 Å². The minimum absolute atomic E-state index is 0.0211. The van der Waals surface area contributed by atoms with E-state index in [0.29, 0.717) is 5.56 Å². The molecule has 0 saturated heterocycles. The zero-order chi connectivity index (χ0) is 13.8.